The van der Waals surface area contributed by atoms with Crippen molar-refractivity contribution in [2.75, 3.05) is 12.0 Å². The molecule has 0 radical (unpaired) electrons. The van der Waals surface area contributed by atoms with Gasteiger partial charge in [0.25, 0.3) is 5.91 Å². The van der Waals surface area contributed by atoms with E-state index in [2.05, 4.69) is 56.0 Å². The molecule has 2 aliphatic rings. The molecular weight excluding hydrogens is 446 g/mol. The number of hydrogen-bond acceptors (Lipinski definition) is 4. The molecule has 1 amide bonds. The third-order valence-electron chi connectivity index (χ3n) is 7.06. The summed E-state index contributed by atoms with van der Waals surface area (Å²) < 4.78 is 6.29. The van der Waals surface area contributed by atoms with E-state index in [1.165, 1.54) is 60.6 Å². The van der Waals surface area contributed by atoms with E-state index in [0.29, 0.717) is 9.23 Å². The molecule has 0 bridgehead atoms. The van der Waals surface area contributed by atoms with Crippen LogP contribution in [0.5, 0.6) is 5.75 Å². The highest BCUT2D eigenvalue weighted by Crippen LogP contribution is 2.44. The lowest BCUT2D eigenvalue weighted by Gasteiger charge is -2.35. The lowest BCUT2D eigenvalue weighted by molar-refractivity contribution is -0.113. The first-order valence-corrected chi connectivity index (χ1v) is 12.6. The predicted octanol–water partition coefficient (Wildman–Crippen LogP) is 7.62. The molecule has 1 saturated carbocycles. The number of anilines is 1. The molecule has 168 valence electrons. The summed E-state index contributed by atoms with van der Waals surface area (Å²) in [7, 11) is 1.77. The molecule has 3 aromatic rings. The zero-order valence-corrected chi connectivity index (χ0v) is 20.7. The SMILES string of the molecule is C=C1SC(=S)N(c2ccc3cc(-c4ccc(OC)c(C5(C)CCCCC5)c4)ccc3c2)C1=O. The summed E-state index contributed by atoms with van der Waals surface area (Å²) in [5.74, 6) is 0.849. The third-order valence-corrected chi connectivity index (χ3v) is 8.27. The van der Waals surface area contributed by atoms with Gasteiger partial charge in [-0.05, 0) is 70.5 Å². The molecular formula is C28H27NO2S2. The Bertz CT molecular complexity index is 1290. The first kappa shape index (κ1) is 22.2. The Balaban J connectivity index is 1.52. The lowest BCUT2D eigenvalue weighted by Crippen LogP contribution is -2.27. The lowest BCUT2D eigenvalue weighted by atomic mass is 9.70. The second-order valence-corrected chi connectivity index (χ2v) is 10.9. The van der Waals surface area contributed by atoms with Crippen molar-refractivity contribution in [3.05, 3.63) is 71.6 Å². The van der Waals surface area contributed by atoms with Crippen LogP contribution in [0, 0.1) is 0 Å². The normalized spacial score (nSPS) is 18.2. The van der Waals surface area contributed by atoms with E-state index in [1.54, 1.807) is 12.0 Å². The van der Waals surface area contributed by atoms with Crippen molar-refractivity contribution < 1.29 is 9.53 Å². The van der Waals surface area contributed by atoms with E-state index >= 15 is 0 Å². The summed E-state index contributed by atoms with van der Waals surface area (Å²) in [4.78, 5) is 14.5. The molecule has 1 aliphatic carbocycles. The second-order valence-electron chi connectivity index (χ2n) is 9.21. The van der Waals surface area contributed by atoms with E-state index in [1.807, 2.05) is 12.1 Å². The molecule has 0 aromatic heterocycles. The summed E-state index contributed by atoms with van der Waals surface area (Å²) in [5.41, 5.74) is 4.64. The average molecular weight is 474 g/mol. The highest BCUT2D eigenvalue weighted by atomic mass is 32.2. The molecule has 0 N–H and O–H groups in total. The highest BCUT2D eigenvalue weighted by molar-refractivity contribution is 8.27. The Kier molecular flexibility index (Phi) is 5.79. The van der Waals surface area contributed by atoms with E-state index in [4.69, 9.17) is 17.0 Å². The summed E-state index contributed by atoms with van der Waals surface area (Å²) in [6, 6.07) is 19.1. The molecule has 1 saturated heterocycles. The molecule has 3 aromatic carbocycles. The number of thiocarbonyl (C=S) groups is 1. The Hall–Kier alpha value is -2.63. The number of carbonyl (C=O) groups excluding carboxylic acids is 1. The topological polar surface area (TPSA) is 29.5 Å². The van der Waals surface area contributed by atoms with E-state index in [-0.39, 0.29) is 11.3 Å². The molecule has 0 unspecified atom stereocenters. The van der Waals surface area contributed by atoms with Crippen molar-refractivity contribution in [1.82, 2.24) is 0 Å². The largest absolute Gasteiger partial charge is 0.496 e. The van der Waals surface area contributed by atoms with Crippen LogP contribution >= 0.6 is 24.0 Å². The van der Waals surface area contributed by atoms with Gasteiger partial charge in [-0.2, -0.15) is 0 Å². The van der Waals surface area contributed by atoms with Gasteiger partial charge in [0.05, 0.1) is 17.7 Å². The summed E-state index contributed by atoms with van der Waals surface area (Å²) in [5, 5.41) is 2.20. The fourth-order valence-corrected chi connectivity index (χ4v) is 6.30. The fraction of sp³-hybridized carbons (Fsp3) is 0.286. The number of hydrogen-bond donors (Lipinski definition) is 0. The number of methoxy groups -OCH3 is 1. The van der Waals surface area contributed by atoms with Crippen LogP contribution in [0.4, 0.5) is 5.69 Å². The Morgan fingerprint density at radius 3 is 2.33 bits per heavy atom. The number of nitrogens with zero attached hydrogens (tertiary/aromatic N) is 1. The van der Waals surface area contributed by atoms with Gasteiger partial charge in [0.15, 0.2) is 4.32 Å². The second kappa shape index (κ2) is 8.62. The number of fused-ring (bicyclic) bond motifs is 1. The maximum atomic E-state index is 12.4. The number of rotatable bonds is 4. The zero-order valence-electron chi connectivity index (χ0n) is 19.0. The van der Waals surface area contributed by atoms with Gasteiger partial charge in [0.2, 0.25) is 0 Å². The smallest absolute Gasteiger partial charge is 0.270 e. The fourth-order valence-electron chi connectivity index (χ4n) is 5.14. The van der Waals surface area contributed by atoms with Gasteiger partial charge >= 0.3 is 0 Å². The van der Waals surface area contributed by atoms with E-state index < -0.39 is 0 Å². The molecule has 1 aliphatic heterocycles. The van der Waals surface area contributed by atoms with Crippen molar-refractivity contribution in [1.29, 1.82) is 0 Å². The van der Waals surface area contributed by atoms with Gasteiger partial charge in [0, 0.05) is 5.56 Å². The van der Waals surface area contributed by atoms with Crippen molar-refractivity contribution in [2.24, 2.45) is 0 Å². The van der Waals surface area contributed by atoms with Crippen molar-refractivity contribution in [2.45, 2.75) is 44.4 Å². The van der Waals surface area contributed by atoms with Gasteiger partial charge in [-0.3, -0.25) is 9.69 Å². The van der Waals surface area contributed by atoms with Crippen LogP contribution in [-0.2, 0) is 10.2 Å². The van der Waals surface area contributed by atoms with Crippen LogP contribution in [0.15, 0.2) is 66.1 Å². The van der Waals surface area contributed by atoms with Crippen LogP contribution in [0.25, 0.3) is 21.9 Å². The molecule has 33 heavy (non-hydrogen) atoms. The zero-order chi connectivity index (χ0) is 23.2. The summed E-state index contributed by atoms with van der Waals surface area (Å²) >= 11 is 6.63. The van der Waals surface area contributed by atoms with Crippen LogP contribution in [-0.4, -0.2) is 17.3 Å². The molecule has 0 atom stereocenters. The van der Waals surface area contributed by atoms with Crippen LogP contribution in [0.2, 0.25) is 0 Å². The molecule has 2 fully saturated rings. The van der Waals surface area contributed by atoms with Crippen LogP contribution in [0.1, 0.15) is 44.6 Å². The Morgan fingerprint density at radius 1 is 0.970 bits per heavy atom. The first-order chi connectivity index (χ1) is 15.9. The predicted molar refractivity (Wildman–Crippen MR) is 143 cm³/mol. The Labute approximate surface area is 204 Å². The minimum atomic E-state index is -0.136. The van der Waals surface area contributed by atoms with E-state index in [9.17, 15) is 4.79 Å². The van der Waals surface area contributed by atoms with Gasteiger partial charge in [0.1, 0.15) is 5.75 Å². The minimum absolute atomic E-state index is 0.136. The number of thioether (sulfide) groups is 1. The third kappa shape index (κ3) is 3.98. The van der Waals surface area contributed by atoms with Gasteiger partial charge in [-0.25, -0.2) is 0 Å². The number of ether oxygens (including phenoxy) is 1. The molecule has 3 nitrogen and oxygen atoms in total. The number of carbonyl (C=O) groups is 1. The highest BCUT2D eigenvalue weighted by Gasteiger charge is 2.33. The Morgan fingerprint density at radius 2 is 1.64 bits per heavy atom. The molecule has 1 heterocycles. The van der Waals surface area contributed by atoms with Gasteiger partial charge in [-0.1, -0.05) is 81.0 Å². The summed E-state index contributed by atoms with van der Waals surface area (Å²) in [6.45, 7) is 6.18. The van der Waals surface area contributed by atoms with Crippen LogP contribution in [0.3, 0.4) is 0 Å². The van der Waals surface area contributed by atoms with Crippen molar-refractivity contribution in [3.63, 3.8) is 0 Å². The first-order valence-electron chi connectivity index (χ1n) is 11.4. The van der Waals surface area contributed by atoms with Gasteiger partial charge in [-0.15, -0.1) is 0 Å². The van der Waals surface area contributed by atoms with Crippen molar-refractivity contribution >= 4 is 50.7 Å². The van der Waals surface area contributed by atoms with Crippen molar-refractivity contribution in [3.8, 4) is 16.9 Å². The maximum absolute atomic E-state index is 12.4. The summed E-state index contributed by atoms with van der Waals surface area (Å²) in [6.07, 6.45) is 6.28. The number of amides is 1. The maximum Gasteiger partial charge on any atom is 0.270 e. The van der Waals surface area contributed by atoms with E-state index in [0.717, 1.165) is 22.2 Å². The molecule has 0 spiro atoms. The molecule has 5 heteroatoms. The van der Waals surface area contributed by atoms with Crippen LogP contribution < -0.4 is 9.64 Å². The quantitative estimate of drug-likeness (QED) is 0.288. The molecule has 5 rings (SSSR count). The van der Waals surface area contributed by atoms with Gasteiger partial charge < -0.3 is 4.74 Å². The standard InChI is InChI=1S/C28H27NO2S2/c1-18-26(30)29(27(32)33-18)23-11-9-20-15-19(7-8-21(20)16-23)22-10-12-25(31-3)24(17-22)28(2)13-5-4-6-14-28/h7-12,15-17H,1,4-6,13-14H2,2-3H3. The average Bonchev–Trinajstić information content (AvgIpc) is 3.09. The monoisotopic (exact) mass is 473 g/mol. The number of benzene rings is 3. The minimum Gasteiger partial charge on any atom is -0.496 e.